The van der Waals surface area contributed by atoms with Gasteiger partial charge in [-0.05, 0) is 87.4 Å². The van der Waals surface area contributed by atoms with E-state index < -0.39 is 0 Å². The summed E-state index contributed by atoms with van der Waals surface area (Å²) in [5.41, 5.74) is 6.79. The maximum Gasteiger partial charge on any atom is 0.255 e. The van der Waals surface area contributed by atoms with E-state index in [-0.39, 0.29) is 5.91 Å². The van der Waals surface area contributed by atoms with Crippen molar-refractivity contribution in [1.82, 2.24) is 15.0 Å². The van der Waals surface area contributed by atoms with Gasteiger partial charge in [-0.25, -0.2) is 0 Å². The molecule has 1 amide bonds. The smallest absolute Gasteiger partial charge is 0.255 e. The Kier molecular flexibility index (Phi) is 6.03. The number of fused-ring (bicyclic) bond motifs is 2. The molecule has 1 aliphatic heterocycles. The third kappa shape index (κ3) is 4.39. The molecule has 35 heavy (non-hydrogen) atoms. The first kappa shape index (κ1) is 22.7. The summed E-state index contributed by atoms with van der Waals surface area (Å²) in [5.74, 6) is 1.02. The summed E-state index contributed by atoms with van der Waals surface area (Å²) in [6.07, 6.45) is 0. The highest BCUT2D eigenvalue weighted by Gasteiger charge is 2.17. The monoisotopic (exact) mass is 471 g/mol. The number of anilines is 2. The Morgan fingerprint density at radius 1 is 0.914 bits per heavy atom. The normalized spacial score (nSPS) is 12.6. The molecule has 0 atom stereocenters. The molecule has 8 nitrogen and oxygen atoms in total. The third-order valence-electron chi connectivity index (χ3n) is 6.30. The van der Waals surface area contributed by atoms with E-state index in [1.807, 2.05) is 19.1 Å². The fraction of sp³-hybridized carbons (Fsp3) is 0.296. The first-order valence-electron chi connectivity index (χ1n) is 11.9. The minimum Gasteiger partial charge on any atom is -0.486 e. The lowest BCUT2D eigenvalue weighted by Crippen LogP contribution is -2.21. The second-order valence-corrected chi connectivity index (χ2v) is 8.60. The van der Waals surface area contributed by atoms with Crippen LogP contribution in [0.1, 0.15) is 35.3 Å². The van der Waals surface area contributed by atoms with Crippen LogP contribution in [-0.2, 0) is 0 Å². The number of carbonyl (C=O) groups is 1. The number of aromatic nitrogens is 3. The van der Waals surface area contributed by atoms with Crippen LogP contribution in [0.2, 0.25) is 0 Å². The van der Waals surface area contributed by atoms with Gasteiger partial charge in [-0.15, -0.1) is 10.2 Å². The van der Waals surface area contributed by atoms with Crippen LogP contribution in [0.5, 0.6) is 11.5 Å². The van der Waals surface area contributed by atoms with E-state index in [4.69, 9.17) is 19.7 Å². The Bertz CT molecular complexity index is 1410. The second-order valence-electron chi connectivity index (χ2n) is 8.60. The van der Waals surface area contributed by atoms with Crippen molar-refractivity contribution in [2.75, 3.05) is 36.5 Å². The number of nitrogens with one attached hydrogen (secondary N) is 1. The van der Waals surface area contributed by atoms with Gasteiger partial charge in [0.1, 0.15) is 24.2 Å². The van der Waals surface area contributed by atoms with Crippen LogP contribution in [0.25, 0.3) is 16.7 Å². The first-order chi connectivity index (χ1) is 17.0. The minimum atomic E-state index is -0.223. The van der Waals surface area contributed by atoms with Gasteiger partial charge in [-0.1, -0.05) is 0 Å². The largest absolute Gasteiger partial charge is 0.486 e. The summed E-state index contributed by atoms with van der Waals surface area (Å²) in [5, 5.41) is 12.4. The van der Waals surface area contributed by atoms with Crippen molar-refractivity contribution in [2.45, 2.75) is 27.7 Å². The number of rotatable bonds is 6. The molecule has 2 heterocycles. The maximum absolute atomic E-state index is 12.9. The molecule has 1 aromatic heterocycles. The van der Waals surface area contributed by atoms with Crippen LogP contribution in [0, 0.1) is 13.8 Å². The minimum absolute atomic E-state index is 0.223. The van der Waals surface area contributed by atoms with Crippen LogP contribution >= 0.6 is 0 Å². The van der Waals surface area contributed by atoms with Crippen molar-refractivity contribution in [1.29, 1.82) is 0 Å². The predicted octanol–water partition coefficient (Wildman–Crippen LogP) is 4.91. The molecule has 1 N–H and O–H groups in total. The van der Waals surface area contributed by atoms with Crippen molar-refractivity contribution in [3.8, 4) is 17.2 Å². The van der Waals surface area contributed by atoms with Gasteiger partial charge in [-0.2, -0.15) is 4.80 Å². The lowest BCUT2D eigenvalue weighted by molar-refractivity contribution is 0.102. The predicted molar refractivity (Wildman–Crippen MR) is 137 cm³/mol. The van der Waals surface area contributed by atoms with Crippen LogP contribution in [-0.4, -0.2) is 47.2 Å². The van der Waals surface area contributed by atoms with E-state index in [1.165, 1.54) is 5.69 Å². The van der Waals surface area contributed by atoms with Crippen molar-refractivity contribution >= 4 is 28.3 Å². The van der Waals surface area contributed by atoms with Gasteiger partial charge in [0.15, 0.2) is 11.5 Å². The summed E-state index contributed by atoms with van der Waals surface area (Å²) < 4.78 is 11.1. The molecule has 0 fully saturated rings. The number of hydrogen-bond acceptors (Lipinski definition) is 6. The molecule has 5 rings (SSSR count). The molecule has 1 aliphatic rings. The van der Waals surface area contributed by atoms with Gasteiger partial charge in [0, 0.05) is 30.0 Å². The quantitative estimate of drug-likeness (QED) is 0.430. The molecular formula is C27H29N5O3. The molecule has 0 saturated heterocycles. The van der Waals surface area contributed by atoms with E-state index in [2.05, 4.69) is 49.2 Å². The van der Waals surface area contributed by atoms with Gasteiger partial charge >= 0.3 is 0 Å². The Morgan fingerprint density at radius 2 is 1.63 bits per heavy atom. The fourth-order valence-electron chi connectivity index (χ4n) is 4.34. The molecule has 0 bridgehead atoms. The number of aryl methyl sites for hydroxylation is 2. The number of carbonyl (C=O) groups excluding carboxylic acids is 1. The second kappa shape index (κ2) is 9.29. The molecule has 8 heteroatoms. The van der Waals surface area contributed by atoms with Gasteiger partial charge in [0.25, 0.3) is 5.91 Å². The van der Waals surface area contributed by atoms with E-state index in [0.29, 0.717) is 41.5 Å². The number of ether oxygens (including phenoxy) is 2. The average molecular weight is 472 g/mol. The molecular weight excluding hydrogens is 442 g/mol. The zero-order valence-electron chi connectivity index (χ0n) is 20.5. The molecule has 0 saturated carbocycles. The molecule has 0 radical (unpaired) electrons. The number of nitrogens with zero attached hydrogens (tertiary/aromatic N) is 4. The Labute approximate surface area is 204 Å². The highest BCUT2D eigenvalue weighted by atomic mass is 16.6. The molecule has 180 valence electrons. The zero-order valence-corrected chi connectivity index (χ0v) is 20.5. The van der Waals surface area contributed by atoms with Crippen LogP contribution in [0.15, 0.2) is 48.5 Å². The van der Waals surface area contributed by atoms with Gasteiger partial charge in [0.05, 0.1) is 5.69 Å². The van der Waals surface area contributed by atoms with E-state index in [0.717, 1.165) is 35.4 Å². The third-order valence-corrected chi connectivity index (χ3v) is 6.30. The van der Waals surface area contributed by atoms with Crippen LogP contribution < -0.4 is 19.7 Å². The molecule has 0 unspecified atom stereocenters. The van der Waals surface area contributed by atoms with Crippen molar-refractivity contribution in [2.24, 2.45) is 0 Å². The summed E-state index contributed by atoms with van der Waals surface area (Å²) in [6.45, 7) is 11.2. The highest BCUT2D eigenvalue weighted by molar-refractivity contribution is 6.05. The van der Waals surface area contributed by atoms with Gasteiger partial charge < -0.3 is 19.7 Å². The SMILES string of the molecule is CCN(CC)c1ccc(-n2nc3cc(C)c(NC(=O)c4ccc5c(c4)OCCO5)cc3n2)c(C)c1. The summed E-state index contributed by atoms with van der Waals surface area (Å²) in [7, 11) is 0. The van der Waals surface area contributed by atoms with Gasteiger partial charge in [0.2, 0.25) is 0 Å². The number of amides is 1. The highest BCUT2D eigenvalue weighted by Crippen LogP contribution is 2.31. The van der Waals surface area contributed by atoms with Crippen molar-refractivity contribution < 1.29 is 14.3 Å². The Balaban J connectivity index is 1.41. The Morgan fingerprint density at radius 3 is 2.34 bits per heavy atom. The van der Waals surface area contributed by atoms with Gasteiger partial charge in [-0.3, -0.25) is 4.79 Å². The lowest BCUT2D eigenvalue weighted by atomic mass is 10.1. The van der Waals surface area contributed by atoms with Crippen molar-refractivity contribution in [3.05, 3.63) is 65.2 Å². The molecule has 3 aromatic carbocycles. The zero-order chi connectivity index (χ0) is 24.5. The molecule has 0 aliphatic carbocycles. The number of benzene rings is 3. The standard InChI is InChI=1S/C27H29N5O3/c1-5-31(6-2)20-8-9-24(18(4)13-20)32-29-22-14-17(3)21(16-23(22)30-32)28-27(33)19-7-10-25-26(15-19)35-12-11-34-25/h7-10,13-16H,5-6,11-12H2,1-4H3,(H,28,33). The van der Waals surface area contributed by atoms with Crippen molar-refractivity contribution in [3.63, 3.8) is 0 Å². The Hall–Kier alpha value is -4.07. The molecule has 0 spiro atoms. The average Bonchev–Trinajstić information content (AvgIpc) is 3.27. The first-order valence-corrected chi connectivity index (χ1v) is 11.9. The van der Waals surface area contributed by atoms with E-state index in [9.17, 15) is 4.79 Å². The summed E-state index contributed by atoms with van der Waals surface area (Å²) in [4.78, 5) is 16.9. The van der Waals surface area contributed by atoms with E-state index >= 15 is 0 Å². The van der Waals surface area contributed by atoms with E-state index in [1.54, 1.807) is 23.0 Å². The molecule has 4 aromatic rings. The summed E-state index contributed by atoms with van der Waals surface area (Å²) in [6, 6.07) is 15.3. The topological polar surface area (TPSA) is 81.5 Å². The van der Waals surface area contributed by atoms with Crippen LogP contribution in [0.3, 0.4) is 0 Å². The van der Waals surface area contributed by atoms with Crippen LogP contribution in [0.4, 0.5) is 11.4 Å². The summed E-state index contributed by atoms with van der Waals surface area (Å²) >= 11 is 0. The fourth-order valence-corrected chi connectivity index (χ4v) is 4.34. The lowest BCUT2D eigenvalue weighted by Gasteiger charge is -2.22. The number of hydrogen-bond donors (Lipinski definition) is 1. The maximum atomic E-state index is 12.9.